The maximum atomic E-state index is 13.6. The molecule has 2 aromatic rings. The van der Waals surface area contributed by atoms with Crippen LogP contribution in [-0.4, -0.2) is 47.2 Å². The van der Waals surface area contributed by atoms with E-state index in [-0.39, 0.29) is 43.0 Å². The van der Waals surface area contributed by atoms with Gasteiger partial charge in [0.2, 0.25) is 0 Å². The fourth-order valence-corrected chi connectivity index (χ4v) is 3.81. The Kier molecular flexibility index (Phi) is 10.2. The SMILES string of the molecule is Cc1cc(-c2cn(CCN3CCC3)c(C3CCNCC3)n2)ccc1F.Cl.Cl.Cl. The molecule has 2 fully saturated rings. The summed E-state index contributed by atoms with van der Waals surface area (Å²) in [6, 6.07) is 5.30. The third kappa shape index (κ3) is 5.61. The number of benzene rings is 1. The van der Waals surface area contributed by atoms with Crippen molar-refractivity contribution in [2.24, 2.45) is 0 Å². The lowest BCUT2D eigenvalue weighted by molar-refractivity contribution is 0.173. The third-order valence-electron chi connectivity index (χ3n) is 5.57. The van der Waals surface area contributed by atoms with E-state index in [4.69, 9.17) is 4.98 Å². The van der Waals surface area contributed by atoms with Gasteiger partial charge in [-0.05, 0) is 76.1 Å². The van der Waals surface area contributed by atoms with Crippen molar-refractivity contribution in [3.63, 3.8) is 0 Å². The zero-order valence-corrected chi connectivity index (χ0v) is 18.6. The van der Waals surface area contributed by atoms with E-state index in [2.05, 4.69) is 21.0 Å². The molecule has 3 heterocycles. The monoisotopic (exact) mass is 450 g/mol. The van der Waals surface area contributed by atoms with Crippen LogP contribution in [0.2, 0.25) is 0 Å². The highest BCUT2D eigenvalue weighted by atomic mass is 35.5. The lowest BCUT2D eigenvalue weighted by Crippen LogP contribution is -2.39. The fraction of sp³-hybridized carbons (Fsp3) is 0.550. The predicted octanol–water partition coefficient (Wildman–Crippen LogP) is 4.44. The van der Waals surface area contributed by atoms with E-state index in [1.54, 1.807) is 6.07 Å². The molecule has 8 heteroatoms. The number of aryl methyl sites for hydroxylation is 1. The van der Waals surface area contributed by atoms with Gasteiger partial charge in [0, 0.05) is 30.8 Å². The molecule has 4 rings (SSSR count). The largest absolute Gasteiger partial charge is 0.333 e. The van der Waals surface area contributed by atoms with Crippen molar-refractivity contribution in [1.29, 1.82) is 0 Å². The first-order valence-electron chi connectivity index (χ1n) is 9.47. The number of hydrogen-bond donors (Lipinski definition) is 1. The van der Waals surface area contributed by atoms with Crippen LogP contribution in [0, 0.1) is 12.7 Å². The molecule has 1 aromatic carbocycles. The van der Waals surface area contributed by atoms with E-state index in [0.29, 0.717) is 11.5 Å². The molecule has 0 unspecified atom stereocenters. The van der Waals surface area contributed by atoms with Crippen LogP contribution in [0.5, 0.6) is 0 Å². The second-order valence-corrected chi connectivity index (χ2v) is 7.36. The van der Waals surface area contributed by atoms with Crippen molar-refractivity contribution >= 4 is 37.2 Å². The summed E-state index contributed by atoms with van der Waals surface area (Å²) in [4.78, 5) is 7.48. The second kappa shape index (κ2) is 11.4. The Hall–Kier alpha value is -0.850. The van der Waals surface area contributed by atoms with Gasteiger partial charge >= 0.3 is 0 Å². The molecule has 2 saturated heterocycles. The Morgan fingerprint density at radius 3 is 2.43 bits per heavy atom. The van der Waals surface area contributed by atoms with Gasteiger partial charge in [0.05, 0.1) is 5.69 Å². The van der Waals surface area contributed by atoms with Gasteiger partial charge in [0.1, 0.15) is 11.6 Å². The van der Waals surface area contributed by atoms with Gasteiger partial charge in [-0.15, -0.1) is 37.2 Å². The van der Waals surface area contributed by atoms with Gasteiger partial charge in [-0.3, -0.25) is 0 Å². The highest BCUT2D eigenvalue weighted by Gasteiger charge is 2.23. The van der Waals surface area contributed by atoms with E-state index >= 15 is 0 Å². The Morgan fingerprint density at radius 2 is 1.82 bits per heavy atom. The summed E-state index contributed by atoms with van der Waals surface area (Å²) in [6.07, 6.45) is 5.78. The third-order valence-corrected chi connectivity index (χ3v) is 5.57. The summed E-state index contributed by atoms with van der Waals surface area (Å²) in [5.74, 6) is 1.58. The van der Waals surface area contributed by atoms with Crippen molar-refractivity contribution in [2.75, 3.05) is 32.7 Å². The molecule has 0 atom stereocenters. The maximum Gasteiger partial charge on any atom is 0.126 e. The summed E-state index contributed by atoms with van der Waals surface area (Å²) in [6.45, 7) is 8.47. The molecule has 0 bridgehead atoms. The van der Waals surface area contributed by atoms with Crippen LogP contribution in [0.4, 0.5) is 4.39 Å². The summed E-state index contributed by atoms with van der Waals surface area (Å²) >= 11 is 0. The Balaban J connectivity index is 0.00000131. The number of likely N-dealkylation sites (tertiary alicyclic amines) is 1. The number of rotatable bonds is 5. The molecule has 28 heavy (non-hydrogen) atoms. The molecule has 158 valence electrons. The second-order valence-electron chi connectivity index (χ2n) is 7.36. The maximum absolute atomic E-state index is 13.6. The minimum atomic E-state index is -0.153. The molecule has 2 aliphatic rings. The average molecular weight is 452 g/mol. The molecule has 2 aliphatic heterocycles. The molecule has 1 aromatic heterocycles. The van der Waals surface area contributed by atoms with Crippen LogP contribution in [-0.2, 0) is 6.54 Å². The molecule has 0 aliphatic carbocycles. The van der Waals surface area contributed by atoms with Gasteiger partial charge in [-0.2, -0.15) is 0 Å². The standard InChI is InChI=1S/C20H27FN4.3ClH/c1-15-13-17(3-4-18(15)21)19-14-25(12-11-24-9-2-10-24)20(23-19)16-5-7-22-8-6-16;;;/h3-4,13-14,16,22H,2,5-12H2,1H3;3*1H. The molecular weight excluding hydrogens is 422 g/mol. The number of aromatic nitrogens is 2. The molecule has 0 spiro atoms. The number of nitrogens with one attached hydrogen (secondary N) is 1. The lowest BCUT2D eigenvalue weighted by atomic mass is 9.97. The minimum Gasteiger partial charge on any atom is -0.333 e. The van der Waals surface area contributed by atoms with Crippen LogP contribution in [0.15, 0.2) is 24.4 Å². The average Bonchev–Trinajstić information content (AvgIpc) is 3.01. The number of halogens is 4. The topological polar surface area (TPSA) is 33.1 Å². The first kappa shape index (κ1) is 25.2. The minimum absolute atomic E-state index is 0. The molecular formula is C20H30Cl3FN4. The van der Waals surface area contributed by atoms with Gasteiger partial charge in [0.25, 0.3) is 0 Å². The summed E-state index contributed by atoms with van der Waals surface area (Å²) in [5, 5.41) is 3.44. The Morgan fingerprint density at radius 1 is 1.11 bits per heavy atom. The molecule has 0 amide bonds. The van der Waals surface area contributed by atoms with Crippen molar-refractivity contribution in [3.05, 3.63) is 41.6 Å². The van der Waals surface area contributed by atoms with Crippen LogP contribution in [0.1, 0.15) is 36.6 Å². The number of piperidine rings is 1. The van der Waals surface area contributed by atoms with Crippen LogP contribution < -0.4 is 5.32 Å². The van der Waals surface area contributed by atoms with E-state index < -0.39 is 0 Å². The predicted molar refractivity (Wildman–Crippen MR) is 120 cm³/mol. The van der Waals surface area contributed by atoms with Gasteiger partial charge in [-0.25, -0.2) is 9.37 Å². The number of hydrogen-bond acceptors (Lipinski definition) is 3. The van der Waals surface area contributed by atoms with E-state index in [1.807, 2.05) is 19.1 Å². The summed E-state index contributed by atoms with van der Waals surface area (Å²) in [7, 11) is 0. The van der Waals surface area contributed by atoms with Crippen LogP contribution >= 0.6 is 37.2 Å². The van der Waals surface area contributed by atoms with Crippen molar-refractivity contribution in [3.8, 4) is 11.3 Å². The van der Waals surface area contributed by atoms with E-state index in [0.717, 1.165) is 50.3 Å². The van der Waals surface area contributed by atoms with Crippen LogP contribution in [0.3, 0.4) is 0 Å². The number of imidazole rings is 1. The quantitative estimate of drug-likeness (QED) is 0.730. The van der Waals surface area contributed by atoms with E-state index in [9.17, 15) is 4.39 Å². The summed E-state index contributed by atoms with van der Waals surface area (Å²) in [5.41, 5.74) is 2.66. The summed E-state index contributed by atoms with van der Waals surface area (Å²) < 4.78 is 16.0. The highest BCUT2D eigenvalue weighted by molar-refractivity contribution is 5.86. The molecule has 4 nitrogen and oxygen atoms in total. The lowest BCUT2D eigenvalue weighted by Gasteiger charge is -2.31. The van der Waals surface area contributed by atoms with E-state index in [1.165, 1.54) is 25.3 Å². The molecule has 1 N–H and O–H groups in total. The van der Waals surface area contributed by atoms with Crippen molar-refractivity contribution < 1.29 is 4.39 Å². The van der Waals surface area contributed by atoms with Gasteiger partial charge in [-0.1, -0.05) is 0 Å². The zero-order valence-electron chi connectivity index (χ0n) is 16.2. The van der Waals surface area contributed by atoms with Crippen molar-refractivity contribution in [2.45, 2.75) is 38.6 Å². The van der Waals surface area contributed by atoms with Gasteiger partial charge < -0.3 is 14.8 Å². The first-order chi connectivity index (χ1) is 12.2. The first-order valence-corrected chi connectivity index (χ1v) is 9.47. The molecule has 0 saturated carbocycles. The zero-order chi connectivity index (χ0) is 17.2. The van der Waals surface area contributed by atoms with Crippen LogP contribution in [0.25, 0.3) is 11.3 Å². The fourth-order valence-electron chi connectivity index (χ4n) is 3.81. The smallest absolute Gasteiger partial charge is 0.126 e. The highest BCUT2D eigenvalue weighted by Crippen LogP contribution is 2.29. The van der Waals surface area contributed by atoms with Gasteiger partial charge in [0.15, 0.2) is 0 Å². The Labute approximate surface area is 185 Å². The number of nitrogens with zero attached hydrogens (tertiary/aromatic N) is 3. The normalized spacial score (nSPS) is 17.1. The van der Waals surface area contributed by atoms with Crippen molar-refractivity contribution in [1.82, 2.24) is 19.8 Å². The molecule has 0 radical (unpaired) electrons. The Bertz CT molecular complexity index is 743.